The summed E-state index contributed by atoms with van der Waals surface area (Å²) in [7, 11) is 0. The topological polar surface area (TPSA) is 43.6 Å². The first-order valence-electron chi connectivity index (χ1n) is 4.76. The lowest BCUT2D eigenvalue weighted by Gasteiger charge is -2.01. The molecule has 2 aromatic heterocycles. The van der Waals surface area contributed by atoms with Crippen molar-refractivity contribution in [3.05, 3.63) is 48.5 Å². The van der Waals surface area contributed by atoms with E-state index in [1.165, 1.54) is 12.1 Å². The lowest BCUT2D eigenvalue weighted by atomic mass is 10.3. The molecule has 0 radical (unpaired) electrons. The lowest BCUT2D eigenvalue weighted by Crippen LogP contribution is -1.96. The predicted octanol–water partition coefficient (Wildman–Crippen LogP) is 1.95. The van der Waals surface area contributed by atoms with Gasteiger partial charge in [0, 0.05) is 6.20 Å². The van der Waals surface area contributed by atoms with Gasteiger partial charge in [-0.1, -0.05) is 11.3 Å². The summed E-state index contributed by atoms with van der Waals surface area (Å²) in [6.07, 6.45) is 3.28. The maximum atomic E-state index is 13.1. The monoisotopic (exact) mass is 214 g/mol. The van der Waals surface area contributed by atoms with E-state index in [0.717, 1.165) is 5.52 Å². The van der Waals surface area contributed by atoms with Gasteiger partial charge in [0.25, 0.3) is 0 Å². The van der Waals surface area contributed by atoms with Gasteiger partial charge in [0.15, 0.2) is 0 Å². The number of halogens is 1. The zero-order chi connectivity index (χ0) is 11.0. The third-order valence-corrected chi connectivity index (χ3v) is 2.30. The van der Waals surface area contributed by atoms with Gasteiger partial charge in [0.1, 0.15) is 11.3 Å². The third-order valence-electron chi connectivity index (χ3n) is 2.30. The second kappa shape index (κ2) is 3.37. The van der Waals surface area contributed by atoms with E-state index in [9.17, 15) is 4.39 Å². The van der Waals surface area contributed by atoms with Gasteiger partial charge in [-0.3, -0.25) is 4.98 Å². The van der Waals surface area contributed by atoms with Gasteiger partial charge in [0.2, 0.25) is 0 Å². The summed E-state index contributed by atoms with van der Waals surface area (Å²) in [4.78, 5) is 3.95. The summed E-state index contributed by atoms with van der Waals surface area (Å²) in [5.41, 5.74) is 2.14. The fourth-order valence-corrected chi connectivity index (χ4v) is 1.57. The van der Waals surface area contributed by atoms with Crippen LogP contribution in [-0.4, -0.2) is 20.0 Å². The molecule has 78 valence electrons. The Bertz CT molecular complexity index is 647. The average molecular weight is 214 g/mol. The van der Waals surface area contributed by atoms with E-state index >= 15 is 0 Å². The van der Waals surface area contributed by atoms with Crippen molar-refractivity contribution in [1.82, 2.24) is 20.0 Å². The molecule has 1 aromatic carbocycles. The van der Waals surface area contributed by atoms with Crippen LogP contribution in [0.2, 0.25) is 0 Å². The van der Waals surface area contributed by atoms with Gasteiger partial charge >= 0.3 is 0 Å². The molecule has 0 amide bonds. The van der Waals surface area contributed by atoms with E-state index < -0.39 is 0 Å². The van der Waals surface area contributed by atoms with Gasteiger partial charge in [-0.25, -0.2) is 9.07 Å². The van der Waals surface area contributed by atoms with E-state index in [0.29, 0.717) is 11.2 Å². The van der Waals surface area contributed by atoms with E-state index in [2.05, 4.69) is 15.3 Å². The van der Waals surface area contributed by atoms with Crippen LogP contribution in [0.3, 0.4) is 0 Å². The molecule has 0 fully saturated rings. The minimum Gasteiger partial charge on any atom is -0.262 e. The Morgan fingerprint density at radius 1 is 1.19 bits per heavy atom. The van der Waals surface area contributed by atoms with Crippen LogP contribution in [0.15, 0.2) is 42.7 Å². The van der Waals surface area contributed by atoms with Gasteiger partial charge in [0.05, 0.1) is 17.4 Å². The minimum atomic E-state index is -0.296. The normalized spacial score (nSPS) is 10.8. The van der Waals surface area contributed by atoms with Crippen molar-refractivity contribution in [2.45, 2.75) is 0 Å². The number of hydrogen-bond donors (Lipinski definition) is 0. The van der Waals surface area contributed by atoms with Crippen LogP contribution in [-0.2, 0) is 0 Å². The molecular formula is C11H7FN4. The zero-order valence-corrected chi connectivity index (χ0v) is 8.21. The largest absolute Gasteiger partial charge is 0.262 e. The van der Waals surface area contributed by atoms with E-state index in [1.807, 2.05) is 0 Å². The van der Waals surface area contributed by atoms with Crippen LogP contribution in [0, 0.1) is 5.82 Å². The van der Waals surface area contributed by atoms with Crippen molar-refractivity contribution in [1.29, 1.82) is 0 Å². The second-order valence-corrected chi connectivity index (χ2v) is 3.35. The summed E-state index contributed by atoms with van der Waals surface area (Å²) >= 11 is 0. The Hall–Kier alpha value is -2.30. The van der Waals surface area contributed by atoms with E-state index in [1.54, 1.807) is 35.3 Å². The molecular weight excluding hydrogens is 207 g/mol. The Kier molecular flexibility index (Phi) is 1.89. The molecule has 0 saturated heterocycles. The van der Waals surface area contributed by atoms with Crippen molar-refractivity contribution in [2.24, 2.45) is 0 Å². The molecule has 3 rings (SSSR count). The number of hydrogen-bond acceptors (Lipinski definition) is 3. The molecule has 0 atom stereocenters. The van der Waals surface area contributed by atoms with Crippen molar-refractivity contribution in [3.63, 3.8) is 0 Å². The Morgan fingerprint density at radius 2 is 2.12 bits per heavy atom. The van der Waals surface area contributed by atoms with Gasteiger partial charge in [-0.2, -0.15) is 0 Å². The molecule has 3 aromatic rings. The van der Waals surface area contributed by atoms with Crippen LogP contribution >= 0.6 is 0 Å². The molecule has 0 saturated carbocycles. The van der Waals surface area contributed by atoms with E-state index in [4.69, 9.17) is 0 Å². The first-order chi connectivity index (χ1) is 7.84. The number of rotatable bonds is 1. The molecule has 2 heterocycles. The smallest absolute Gasteiger partial charge is 0.131 e. The van der Waals surface area contributed by atoms with Crippen LogP contribution < -0.4 is 0 Å². The molecule has 4 nitrogen and oxygen atoms in total. The number of fused-ring (bicyclic) bond motifs is 1. The van der Waals surface area contributed by atoms with Crippen molar-refractivity contribution < 1.29 is 4.39 Å². The first kappa shape index (κ1) is 8.96. The number of pyridine rings is 1. The van der Waals surface area contributed by atoms with Crippen molar-refractivity contribution in [3.8, 4) is 5.69 Å². The maximum absolute atomic E-state index is 13.1. The molecule has 0 unspecified atom stereocenters. The fourth-order valence-electron chi connectivity index (χ4n) is 1.57. The average Bonchev–Trinajstić information content (AvgIpc) is 2.72. The highest BCUT2D eigenvalue weighted by Crippen LogP contribution is 2.15. The molecule has 0 N–H and O–H groups in total. The molecule has 0 aliphatic carbocycles. The third kappa shape index (κ3) is 1.33. The van der Waals surface area contributed by atoms with Gasteiger partial charge < -0.3 is 0 Å². The first-order valence-corrected chi connectivity index (χ1v) is 4.76. The maximum Gasteiger partial charge on any atom is 0.131 e. The summed E-state index contributed by atoms with van der Waals surface area (Å²) in [5, 5.41) is 7.92. The lowest BCUT2D eigenvalue weighted by molar-refractivity contribution is 0.625. The number of nitrogens with zero attached hydrogens (tertiary/aromatic N) is 4. The van der Waals surface area contributed by atoms with E-state index in [-0.39, 0.29) is 5.82 Å². The van der Waals surface area contributed by atoms with Crippen LogP contribution in [0.5, 0.6) is 0 Å². The number of aromatic nitrogens is 4. The molecule has 16 heavy (non-hydrogen) atoms. The highest BCUT2D eigenvalue weighted by molar-refractivity contribution is 5.74. The summed E-state index contributed by atoms with van der Waals surface area (Å²) < 4.78 is 14.7. The quantitative estimate of drug-likeness (QED) is 0.621. The van der Waals surface area contributed by atoms with Gasteiger partial charge in [-0.05, 0) is 24.3 Å². The Labute approximate surface area is 90.4 Å². The van der Waals surface area contributed by atoms with Crippen LogP contribution in [0.4, 0.5) is 4.39 Å². The second-order valence-electron chi connectivity index (χ2n) is 3.35. The Balaban J connectivity index is 2.26. The summed E-state index contributed by atoms with van der Waals surface area (Å²) in [5.74, 6) is -0.296. The van der Waals surface area contributed by atoms with Crippen molar-refractivity contribution >= 4 is 11.0 Å². The highest BCUT2D eigenvalue weighted by atomic mass is 19.1. The number of benzene rings is 1. The predicted molar refractivity (Wildman–Crippen MR) is 56.6 cm³/mol. The minimum absolute atomic E-state index is 0.296. The molecule has 0 aliphatic rings. The Morgan fingerprint density at radius 3 is 3.00 bits per heavy atom. The molecule has 0 bridgehead atoms. The molecule has 5 heteroatoms. The standard InChI is InChI=1S/C11H7FN4/c12-8-2-1-3-9(6-8)16-11-4-5-13-7-10(11)14-15-16/h1-7H. The SMILES string of the molecule is Fc1cccc(-n2nnc3cnccc32)c1. The summed E-state index contributed by atoms with van der Waals surface area (Å²) in [6, 6.07) is 8.01. The van der Waals surface area contributed by atoms with Crippen molar-refractivity contribution in [2.75, 3.05) is 0 Å². The van der Waals surface area contributed by atoms with Gasteiger partial charge in [-0.15, -0.1) is 5.10 Å². The van der Waals surface area contributed by atoms with Crippen LogP contribution in [0.25, 0.3) is 16.7 Å². The summed E-state index contributed by atoms with van der Waals surface area (Å²) in [6.45, 7) is 0. The highest BCUT2D eigenvalue weighted by Gasteiger charge is 2.06. The molecule has 0 spiro atoms. The van der Waals surface area contributed by atoms with Crippen LogP contribution in [0.1, 0.15) is 0 Å². The zero-order valence-electron chi connectivity index (χ0n) is 8.21. The fraction of sp³-hybridized carbons (Fsp3) is 0. The molecule has 0 aliphatic heterocycles.